The number of carboxylic acid groups (broad SMARTS) is 1. The van der Waals surface area contributed by atoms with Crippen molar-refractivity contribution in [3.8, 4) is 0 Å². The zero-order valence-electron chi connectivity index (χ0n) is 6.81. The first-order chi connectivity index (χ1) is 6.52. The molecule has 0 fully saturated rings. The maximum absolute atomic E-state index is 10.6. The number of rotatable bonds is 3. The van der Waals surface area contributed by atoms with Crippen molar-refractivity contribution in [2.24, 2.45) is 0 Å². The predicted molar refractivity (Wildman–Crippen MR) is 49.9 cm³/mol. The van der Waals surface area contributed by atoms with Crippen LogP contribution in [0.2, 0.25) is 0 Å². The fourth-order valence-electron chi connectivity index (χ4n) is 0.963. The minimum absolute atomic E-state index is 0.0428. The molecule has 6 nitrogen and oxygen atoms in total. The number of carbonyl (C=O) groups is 1. The van der Waals surface area contributed by atoms with Crippen LogP contribution >= 0.6 is 15.9 Å². The van der Waals surface area contributed by atoms with Gasteiger partial charge in [-0.1, -0.05) is 0 Å². The quantitative estimate of drug-likeness (QED) is 0.504. The van der Waals surface area contributed by atoms with Gasteiger partial charge >= 0.3 is 11.7 Å². The standard InChI is InChI=1S/C7H5BrN2O4/c8-7-6(10(13)14)4(1-2-9-7)3-5(11)12/h1-2H,3H2,(H,11,12). The average molecular weight is 261 g/mol. The van der Waals surface area contributed by atoms with Crippen LogP contribution in [-0.4, -0.2) is 21.0 Å². The number of nitro groups is 1. The molecule has 0 amide bonds. The van der Waals surface area contributed by atoms with Gasteiger partial charge in [0.05, 0.1) is 11.3 Å². The highest BCUT2D eigenvalue weighted by Crippen LogP contribution is 2.26. The van der Waals surface area contributed by atoms with Crippen molar-refractivity contribution in [1.82, 2.24) is 4.98 Å². The number of carboxylic acids is 1. The molecule has 0 aliphatic rings. The summed E-state index contributed by atoms with van der Waals surface area (Å²) < 4.78 is 0.0428. The summed E-state index contributed by atoms with van der Waals surface area (Å²) in [6.07, 6.45) is 0.923. The Morgan fingerprint density at radius 3 is 2.86 bits per heavy atom. The first-order valence-corrected chi connectivity index (χ1v) is 4.31. The Morgan fingerprint density at radius 1 is 1.71 bits per heavy atom. The minimum Gasteiger partial charge on any atom is -0.481 e. The molecule has 0 saturated carbocycles. The second-order valence-corrected chi connectivity index (χ2v) is 3.19. The van der Waals surface area contributed by atoms with E-state index in [-0.39, 0.29) is 15.9 Å². The molecule has 7 heteroatoms. The molecule has 0 bridgehead atoms. The van der Waals surface area contributed by atoms with Crippen molar-refractivity contribution in [3.05, 3.63) is 32.5 Å². The van der Waals surface area contributed by atoms with E-state index >= 15 is 0 Å². The number of hydrogen-bond donors (Lipinski definition) is 1. The maximum Gasteiger partial charge on any atom is 0.308 e. The molecule has 1 rings (SSSR count). The molecule has 1 heterocycles. The van der Waals surface area contributed by atoms with E-state index in [1.807, 2.05) is 0 Å². The summed E-state index contributed by atoms with van der Waals surface area (Å²) in [6.45, 7) is 0. The molecule has 14 heavy (non-hydrogen) atoms. The van der Waals surface area contributed by atoms with E-state index in [9.17, 15) is 14.9 Å². The van der Waals surface area contributed by atoms with Crippen LogP contribution in [0.3, 0.4) is 0 Å². The van der Waals surface area contributed by atoms with Crippen molar-refractivity contribution < 1.29 is 14.8 Å². The van der Waals surface area contributed by atoms with Gasteiger partial charge in [0.2, 0.25) is 0 Å². The number of pyridine rings is 1. The fraction of sp³-hybridized carbons (Fsp3) is 0.143. The highest BCUT2D eigenvalue weighted by molar-refractivity contribution is 9.10. The average Bonchev–Trinajstić information content (AvgIpc) is 2.01. The van der Waals surface area contributed by atoms with Crippen molar-refractivity contribution >= 4 is 27.6 Å². The summed E-state index contributed by atoms with van der Waals surface area (Å²) in [5.74, 6) is -1.12. The molecule has 1 N–H and O–H groups in total. The van der Waals surface area contributed by atoms with Crippen LogP contribution < -0.4 is 0 Å². The molecule has 1 aromatic heterocycles. The Kier molecular flexibility index (Phi) is 3.13. The maximum atomic E-state index is 10.6. The summed E-state index contributed by atoms with van der Waals surface area (Å²) in [4.78, 5) is 24.0. The normalized spacial score (nSPS) is 9.79. The molecule has 0 atom stereocenters. The van der Waals surface area contributed by atoms with Crippen LogP contribution in [0.4, 0.5) is 5.69 Å². The summed E-state index contributed by atoms with van der Waals surface area (Å²) in [6, 6.07) is 1.32. The molecule has 0 saturated heterocycles. The second kappa shape index (κ2) is 4.14. The lowest BCUT2D eigenvalue weighted by atomic mass is 10.2. The van der Waals surface area contributed by atoms with Crippen molar-refractivity contribution in [2.45, 2.75) is 6.42 Å². The smallest absolute Gasteiger partial charge is 0.308 e. The molecule has 0 aliphatic heterocycles. The van der Waals surface area contributed by atoms with Gasteiger partial charge in [0.1, 0.15) is 0 Å². The van der Waals surface area contributed by atoms with Crippen LogP contribution in [0.5, 0.6) is 0 Å². The molecular weight excluding hydrogens is 256 g/mol. The molecule has 0 aliphatic carbocycles. The van der Waals surface area contributed by atoms with E-state index in [0.29, 0.717) is 0 Å². The minimum atomic E-state index is -1.12. The molecule has 0 unspecified atom stereocenters. The van der Waals surface area contributed by atoms with Crippen LogP contribution in [-0.2, 0) is 11.2 Å². The first kappa shape index (κ1) is 10.6. The lowest BCUT2D eigenvalue weighted by molar-refractivity contribution is -0.386. The fourth-order valence-corrected chi connectivity index (χ4v) is 1.48. The number of nitrogens with zero attached hydrogens (tertiary/aromatic N) is 2. The number of hydrogen-bond acceptors (Lipinski definition) is 4. The molecule has 1 aromatic rings. The second-order valence-electron chi connectivity index (χ2n) is 2.44. The van der Waals surface area contributed by atoms with E-state index in [4.69, 9.17) is 5.11 Å². The topological polar surface area (TPSA) is 93.3 Å². The van der Waals surface area contributed by atoms with Crippen molar-refractivity contribution in [3.63, 3.8) is 0 Å². The molecule has 74 valence electrons. The zero-order chi connectivity index (χ0) is 10.7. The number of aromatic nitrogens is 1. The Hall–Kier alpha value is -1.50. The highest BCUT2D eigenvalue weighted by atomic mass is 79.9. The van der Waals surface area contributed by atoms with Gasteiger partial charge in [0.15, 0.2) is 4.60 Å². The lowest BCUT2D eigenvalue weighted by Gasteiger charge is -2.00. The Balaban J connectivity index is 3.21. The van der Waals surface area contributed by atoms with Gasteiger partial charge in [-0.25, -0.2) is 4.98 Å². The highest BCUT2D eigenvalue weighted by Gasteiger charge is 2.20. The van der Waals surface area contributed by atoms with Gasteiger partial charge in [-0.3, -0.25) is 14.9 Å². The Labute approximate surface area is 86.9 Å². The van der Waals surface area contributed by atoms with Gasteiger partial charge in [-0.15, -0.1) is 0 Å². The molecule has 0 radical (unpaired) electrons. The van der Waals surface area contributed by atoms with E-state index in [1.165, 1.54) is 12.3 Å². The number of halogens is 1. The van der Waals surface area contributed by atoms with Crippen LogP contribution in [0, 0.1) is 10.1 Å². The molecular formula is C7H5BrN2O4. The predicted octanol–water partition coefficient (Wildman–Crippen LogP) is 1.38. The lowest BCUT2D eigenvalue weighted by Crippen LogP contribution is -2.04. The van der Waals surface area contributed by atoms with Crippen LogP contribution in [0.1, 0.15) is 5.56 Å². The van der Waals surface area contributed by atoms with Crippen LogP contribution in [0.15, 0.2) is 16.9 Å². The summed E-state index contributed by atoms with van der Waals surface area (Å²) in [7, 11) is 0. The molecule has 0 spiro atoms. The third-order valence-corrected chi connectivity index (χ3v) is 2.07. The monoisotopic (exact) mass is 260 g/mol. The summed E-state index contributed by atoms with van der Waals surface area (Å²) in [5.41, 5.74) is -0.167. The largest absolute Gasteiger partial charge is 0.481 e. The summed E-state index contributed by atoms with van der Waals surface area (Å²) in [5, 5.41) is 19.1. The Bertz CT molecular complexity index is 393. The van der Waals surface area contributed by atoms with Gasteiger partial charge < -0.3 is 5.11 Å². The van der Waals surface area contributed by atoms with Gasteiger partial charge in [0, 0.05) is 11.8 Å². The van der Waals surface area contributed by atoms with E-state index < -0.39 is 17.3 Å². The third kappa shape index (κ3) is 2.25. The van der Waals surface area contributed by atoms with E-state index in [2.05, 4.69) is 20.9 Å². The number of aliphatic carboxylic acids is 1. The Morgan fingerprint density at radius 2 is 2.36 bits per heavy atom. The molecule has 0 aromatic carbocycles. The SMILES string of the molecule is O=C(O)Cc1ccnc(Br)c1[N+](=O)[O-]. The summed E-state index contributed by atoms with van der Waals surface area (Å²) >= 11 is 2.89. The van der Waals surface area contributed by atoms with Crippen molar-refractivity contribution in [1.29, 1.82) is 0 Å². The van der Waals surface area contributed by atoms with Gasteiger partial charge in [-0.2, -0.15) is 0 Å². The zero-order valence-corrected chi connectivity index (χ0v) is 8.39. The van der Waals surface area contributed by atoms with E-state index in [1.54, 1.807) is 0 Å². The van der Waals surface area contributed by atoms with Gasteiger partial charge in [-0.05, 0) is 22.0 Å². The van der Waals surface area contributed by atoms with E-state index in [0.717, 1.165) is 0 Å². The third-order valence-electron chi connectivity index (χ3n) is 1.49. The van der Waals surface area contributed by atoms with Crippen LogP contribution in [0.25, 0.3) is 0 Å². The van der Waals surface area contributed by atoms with Gasteiger partial charge in [0.25, 0.3) is 0 Å². The first-order valence-electron chi connectivity index (χ1n) is 3.52. The van der Waals surface area contributed by atoms with Crippen molar-refractivity contribution in [2.75, 3.05) is 0 Å².